The molecule has 0 saturated carbocycles. The summed E-state index contributed by atoms with van der Waals surface area (Å²) in [7, 11) is 0. The zero-order valence-corrected chi connectivity index (χ0v) is 7.89. The van der Waals surface area contributed by atoms with Gasteiger partial charge in [0.1, 0.15) is 12.4 Å². The largest absolute Gasteiger partial charge is 0.604 e. The first-order chi connectivity index (χ1) is 6.88. The molecule has 0 bridgehead atoms. The van der Waals surface area contributed by atoms with Crippen molar-refractivity contribution in [2.45, 2.75) is 10.1 Å². The molecule has 0 aliphatic carbocycles. The van der Waals surface area contributed by atoms with E-state index in [1.165, 1.54) is 37.2 Å². The zero-order chi connectivity index (χ0) is 9.80. The smallest absolute Gasteiger partial charge is 0.270 e. The first-order valence-electron chi connectivity index (χ1n) is 3.82. The monoisotopic (exact) mass is 206 g/mol. The van der Waals surface area contributed by atoms with Crippen LogP contribution < -0.4 is 0 Å². The number of aromatic nitrogens is 4. The van der Waals surface area contributed by atoms with Crippen molar-refractivity contribution in [2.75, 3.05) is 0 Å². The van der Waals surface area contributed by atoms with Gasteiger partial charge in [0, 0.05) is 12.4 Å². The van der Waals surface area contributed by atoms with E-state index in [9.17, 15) is 4.55 Å². The Labute approximate surface area is 83.5 Å². The SMILES string of the molecule is [O-][S+](c1cnccn1)c1cnccn1. The number of nitrogens with zero attached hydrogens (tertiary/aromatic N) is 4. The number of hydrogen-bond donors (Lipinski definition) is 0. The lowest BCUT2D eigenvalue weighted by Crippen LogP contribution is -2.06. The Morgan fingerprint density at radius 2 is 1.36 bits per heavy atom. The second kappa shape index (κ2) is 4.12. The Bertz CT molecular complexity index is 357. The fourth-order valence-electron chi connectivity index (χ4n) is 0.869. The van der Waals surface area contributed by atoms with Crippen LogP contribution in [0.2, 0.25) is 0 Å². The summed E-state index contributed by atoms with van der Waals surface area (Å²) in [6.07, 6.45) is 8.93. The molecule has 0 aliphatic heterocycles. The van der Waals surface area contributed by atoms with Crippen molar-refractivity contribution in [3.63, 3.8) is 0 Å². The highest BCUT2D eigenvalue weighted by molar-refractivity contribution is 7.91. The third-order valence-electron chi connectivity index (χ3n) is 1.46. The fourth-order valence-corrected chi connectivity index (χ4v) is 1.71. The Morgan fingerprint density at radius 1 is 0.857 bits per heavy atom. The average molecular weight is 206 g/mol. The van der Waals surface area contributed by atoms with E-state index >= 15 is 0 Å². The Hall–Kier alpha value is -1.53. The van der Waals surface area contributed by atoms with Gasteiger partial charge >= 0.3 is 0 Å². The van der Waals surface area contributed by atoms with E-state index in [2.05, 4.69) is 19.9 Å². The lowest BCUT2D eigenvalue weighted by molar-refractivity contribution is 0.586. The molecule has 6 heteroatoms. The van der Waals surface area contributed by atoms with Gasteiger partial charge in [0.25, 0.3) is 10.1 Å². The van der Waals surface area contributed by atoms with E-state index in [4.69, 9.17) is 0 Å². The topological polar surface area (TPSA) is 74.6 Å². The number of hydrogen-bond acceptors (Lipinski definition) is 5. The van der Waals surface area contributed by atoms with Crippen molar-refractivity contribution in [2.24, 2.45) is 0 Å². The lowest BCUT2D eigenvalue weighted by atomic mass is 10.8. The second-order valence-corrected chi connectivity index (χ2v) is 3.73. The van der Waals surface area contributed by atoms with Crippen molar-refractivity contribution in [1.82, 2.24) is 19.9 Å². The van der Waals surface area contributed by atoms with Gasteiger partial charge in [-0.15, -0.1) is 0 Å². The van der Waals surface area contributed by atoms with Crippen LogP contribution >= 0.6 is 0 Å². The lowest BCUT2D eigenvalue weighted by Gasteiger charge is -2.04. The zero-order valence-electron chi connectivity index (χ0n) is 7.07. The summed E-state index contributed by atoms with van der Waals surface area (Å²) in [6.45, 7) is 0. The van der Waals surface area contributed by atoms with Crippen molar-refractivity contribution < 1.29 is 4.55 Å². The standard InChI is InChI=1S/C8H6N4OS/c13-14(7-5-9-1-3-11-7)8-6-10-2-4-12-8/h1-6H. The van der Waals surface area contributed by atoms with Crippen LogP contribution in [0.25, 0.3) is 0 Å². The average Bonchev–Trinajstić information content (AvgIpc) is 2.30. The predicted octanol–water partition coefficient (Wildman–Crippen LogP) is 0.433. The Morgan fingerprint density at radius 3 is 1.71 bits per heavy atom. The highest BCUT2D eigenvalue weighted by Gasteiger charge is 2.17. The minimum absolute atomic E-state index is 0.382. The molecule has 2 aromatic rings. The van der Waals surface area contributed by atoms with Gasteiger partial charge in [-0.2, -0.15) is 0 Å². The summed E-state index contributed by atoms with van der Waals surface area (Å²) in [4.78, 5) is 15.5. The molecule has 2 rings (SSSR count). The molecule has 14 heavy (non-hydrogen) atoms. The van der Waals surface area contributed by atoms with Crippen LogP contribution in [0.3, 0.4) is 0 Å². The molecule has 2 aromatic heterocycles. The van der Waals surface area contributed by atoms with Gasteiger partial charge in [0.2, 0.25) is 0 Å². The molecule has 2 heterocycles. The van der Waals surface area contributed by atoms with Crippen LogP contribution in [0.15, 0.2) is 47.2 Å². The van der Waals surface area contributed by atoms with Gasteiger partial charge in [-0.25, -0.2) is 9.97 Å². The number of rotatable bonds is 2. The molecule has 0 amide bonds. The van der Waals surface area contributed by atoms with E-state index in [-0.39, 0.29) is 0 Å². The van der Waals surface area contributed by atoms with Crippen LogP contribution in [-0.2, 0) is 11.2 Å². The van der Waals surface area contributed by atoms with Crippen LogP contribution in [0.4, 0.5) is 0 Å². The van der Waals surface area contributed by atoms with Crippen molar-refractivity contribution in [1.29, 1.82) is 0 Å². The molecular formula is C8H6N4OS. The Balaban J connectivity index is 2.30. The maximum atomic E-state index is 11.8. The molecule has 5 nitrogen and oxygen atoms in total. The summed E-state index contributed by atoms with van der Waals surface area (Å²) in [5.41, 5.74) is 0. The van der Waals surface area contributed by atoms with Crippen molar-refractivity contribution in [3.05, 3.63) is 37.2 Å². The van der Waals surface area contributed by atoms with E-state index in [0.717, 1.165) is 0 Å². The van der Waals surface area contributed by atoms with E-state index in [1.54, 1.807) is 0 Å². The quantitative estimate of drug-likeness (QED) is 0.666. The van der Waals surface area contributed by atoms with E-state index in [0.29, 0.717) is 10.1 Å². The van der Waals surface area contributed by atoms with Crippen molar-refractivity contribution in [3.8, 4) is 0 Å². The summed E-state index contributed by atoms with van der Waals surface area (Å²) < 4.78 is 11.8. The molecule has 0 N–H and O–H groups in total. The van der Waals surface area contributed by atoms with Gasteiger partial charge in [-0.3, -0.25) is 9.97 Å². The Kier molecular flexibility index (Phi) is 2.66. The van der Waals surface area contributed by atoms with E-state index < -0.39 is 11.2 Å². The first-order valence-corrected chi connectivity index (χ1v) is 4.97. The third-order valence-corrected chi connectivity index (χ3v) is 2.64. The molecule has 0 saturated heterocycles. The van der Waals surface area contributed by atoms with E-state index in [1.807, 2.05) is 0 Å². The minimum Gasteiger partial charge on any atom is -0.604 e. The molecule has 0 aliphatic rings. The molecule has 0 radical (unpaired) electrons. The van der Waals surface area contributed by atoms with Crippen LogP contribution in [0, 0.1) is 0 Å². The van der Waals surface area contributed by atoms with Gasteiger partial charge < -0.3 is 4.55 Å². The van der Waals surface area contributed by atoms with Crippen molar-refractivity contribution >= 4 is 11.2 Å². The maximum Gasteiger partial charge on any atom is 0.270 e. The highest BCUT2D eigenvalue weighted by Crippen LogP contribution is 2.13. The van der Waals surface area contributed by atoms with Gasteiger partial charge in [0.15, 0.2) is 0 Å². The first kappa shape index (κ1) is 9.04. The maximum absolute atomic E-state index is 11.8. The molecule has 0 spiro atoms. The van der Waals surface area contributed by atoms with Crippen LogP contribution in [-0.4, -0.2) is 24.5 Å². The second-order valence-electron chi connectivity index (χ2n) is 2.36. The molecule has 0 fully saturated rings. The molecule has 0 unspecified atom stereocenters. The molecule has 0 aromatic carbocycles. The summed E-state index contributed by atoms with van der Waals surface area (Å²) in [5, 5.41) is 0.765. The highest BCUT2D eigenvalue weighted by atomic mass is 32.2. The molecule has 70 valence electrons. The fraction of sp³-hybridized carbons (Fsp3) is 0. The van der Waals surface area contributed by atoms with Gasteiger partial charge in [0.05, 0.1) is 23.6 Å². The summed E-state index contributed by atoms with van der Waals surface area (Å²) >= 11 is -1.39. The van der Waals surface area contributed by atoms with Crippen LogP contribution in [0.1, 0.15) is 0 Å². The molecule has 0 atom stereocenters. The summed E-state index contributed by atoms with van der Waals surface area (Å²) in [5.74, 6) is 0. The van der Waals surface area contributed by atoms with Gasteiger partial charge in [-0.05, 0) is 0 Å². The minimum atomic E-state index is -1.39. The predicted molar refractivity (Wildman–Crippen MR) is 48.7 cm³/mol. The normalized spacial score (nSPS) is 10.4. The molecular weight excluding hydrogens is 200 g/mol. The van der Waals surface area contributed by atoms with Crippen LogP contribution in [0.5, 0.6) is 0 Å². The summed E-state index contributed by atoms with van der Waals surface area (Å²) in [6, 6.07) is 0. The van der Waals surface area contributed by atoms with Gasteiger partial charge in [-0.1, -0.05) is 0 Å². The third kappa shape index (κ3) is 1.86.